The van der Waals surface area contributed by atoms with Crippen molar-refractivity contribution in [2.24, 2.45) is 5.92 Å². The standard InChI is InChI=1S/C23H32N4O3.CH2O2/c1-2-21(28)26-12-16-11-17(14-26)20-7-6-19(23(30)27(20)13-16)22(29)25-10-4-9-24-8-3-5-18(24)15-25;2-1-3/h6-7,16-18H,2-5,8-15H2,1H3;1H,(H,2,3)/t16-,17+,18-;/m0./s1. The first kappa shape index (κ1) is 23.5. The van der Waals surface area contributed by atoms with E-state index in [2.05, 4.69) is 4.90 Å². The lowest BCUT2D eigenvalue weighted by Crippen LogP contribution is -2.50. The molecule has 1 aromatic heterocycles. The molecule has 0 radical (unpaired) electrons. The predicted molar refractivity (Wildman–Crippen MR) is 122 cm³/mol. The number of hydrogen-bond donors (Lipinski definition) is 1. The summed E-state index contributed by atoms with van der Waals surface area (Å²) < 4.78 is 1.83. The molecule has 180 valence electrons. The number of rotatable bonds is 2. The molecule has 2 bridgehead atoms. The van der Waals surface area contributed by atoms with Gasteiger partial charge in [-0.2, -0.15) is 0 Å². The van der Waals surface area contributed by atoms with E-state index in [9.17, 15) is 14.4 Å². The number of aromatic nitrogens is 1. The minimum atomic E-state index is -0.250. The average Bonchev–Trinajstić information content (AvgIpc) is 3.15. The number of carbonyl (C=O) groups excluding carboxylic acids is 2. The normalized spacial score (nSPS) is 26.4. The summed E-state index contributed by atoms with van der Waals surface area (Å²) in [5, 5.41) is 6.89. The maximum atomic E-state index is 13.3. The second-order valence-corrected chi connectivity index (χ2v) is 9.58. The van der Waals surface area contributed by atoms with E-state index in [4.69, 9.17) is 9.90 Å². The number of carbonyl (C=O) groups is 3. The van der Waals surface area contributed by atoms with E-state index in [0.717, 1.165) is 57.7 Å². The van der Waals surface area contributed by atoms with Gasteiger partial charge in [0.1, 0.15) is 5.56 Å². The second-order valence-electron chi connectivity index (χ2n) is 9.58. The van der Waals surface area contributed by atoms with Crippen molar-refractivity contribution < 1.29 is 19.5 Å². The molecule has 4 aliphatic rings. The third-order valence-corrected chi connectivity index (χ3v) is 7.58. The molecule has 0 aliphatic carbocycles. The monoisotopic (exact) mass is 458 g/mol. The van der Waals surface area contributed by atoms with E-state index in [0.29, 0.717) is 37.0 Å². The van der Waals surface area contributed by atoms with Crippen molar-refractivity contribution in [3.05, 3.63) is 33.7 Å². The highest BCUT2D eigenvalue weighted by molar-refractivity contribution is 5.94. The van der Waals surface area contributed by atoms with Crippen LogP contribution < -0.4 is 5.56 Å². The maximum absolute atomic E-state index is 13.3. The third-order valence-electron chi connectivity index (χ3n) is 7.58. The van der Waals surface area contributed by atoms with Crippen LogP contribution in [0.4, 0.5) is 0 Å². The van der Waals surface area contributed by atoms with E-state index in [-0.39, 0.29) is 29.8 Å². The molecule has 3 saturated heterocycles. The number of carboxylic acid groups (broad SMARTS) is 1. The van der Waals surface area contributed by atoms with Crippen molar-refractivity contribution in [1.82, 2.24) is 19.3 Å². The largest absolute Gasteiger partial charge is 0.483 e. The first-order valence-electron chi connectivity index (χ1n) is 12.1. The Labute approximate surface area is 193 Å². The summed E-state index contributed by atoms with van der Waals surface area (Å²) >= 11 is 0. The van der Waals surface area contributed by atoms with Crippen LogP contribution in [-0.4, -0.2) is 88.0 Å². The minimum absolute atomic E-state index is 0.109. The van der Waals surface area contributed by atoms with E-state index in [1.54, 1.807) is 6.07 Å². The zero-order chi connectivity index (χ0) is 23.5. The highest BCUT2D eigenvalue weighted by Crippen LogP contribution is 2.35. The number of likely N-dealkylation sites (tertiary alicyclic amines) is 1. The molecule has 9 heteroatoms. The Balaban J connectivity index is 0.000000821. The molecule has 0 spiro atoms. The molecule has 3 fully saturated rings. The Morgan fingerprint density at radius 1 is 1.06 bits per heavy atom. The SMILES string of the molecule is CCC(=O)N1C[C@@H]2C[C@H](C1)c1ccc(C(=O)N3CCCN4CCC[C@H]4C3)c(=O)n1C2.O=CO. The van der Waals surface area contributed by atoms with Crippen LogP contribution in [0.2, 0.25) is 0 Å². The smallest absolute Gasteiger partial charge is 0.290 e. The molecular formula is C24H34N4O5. The number of hydrogen-bond acceptors (Lipinski definition) is 5. The number of piperidine rings is 1. The Morgan fingerprint density at radius 2 is 1.82 bits per heavy atom. The summed E-state index contributed by atoms with van der Waals surface area (Å²) in [6.07, 6.45) is 4.86. The molecule has 0 aromatic carbocycles. The summed E-state index contributed by atoms with van der Waals surface area (Å²) in [5.74, 6) is 0.562. The number of nitrogens with zero attached hydrogens (tertiary/aromatic N) is 4. The van der Waals surface area contributed by atoms with Gasteiger partial charge >= 0.3 is 0 Å². The van der Waals surface area contributed by atoms with E-state index in [1.807, 2.05) is 27.4 Å². The molecular weight excluding hydrogens is 424 g/mol. The van der Waals surface area contributed by atoms with Crippen LogP contribution in [0.1, 0.15) is 61.0 Å². The average molecular weight is 459 g/mol. The lowest BCUT2D eigenvalue weighted by molar-refractivity contribution is -0.133. The number of amides is 2. The fourth-order valence-corrected chi connectivity index (χ4v) is 6.10. The van der Waals surface area contributed by atoms with E-state index < -0.39 is 0 Å². The topological polar surface area (TPSA) is 103 Å². The van der Waals surface area contributed by atoms with Crippen LogP contribution in [0.25, 0.3) is 0 Å². The summed E-state index contributed by atoms with van der Waals surface area (Å²) in [6, 6.07) is 4.16. The Kier molecular flexibility index (Phi) is 7.17. The third kappa shape index (κ3) is 4.69. The molecule has 3 atom stereocenters. The Morgan fingerprint density at radius 3 is 2.58 bits per heavy atom. The highest BCUT2D eigenvalue weighted by Gasteiger charge is 2.37. The van der Waals surface area contributed by atoms with Gasteiger partial charge in [-0.25, -0.2) is 0 Å². The van der Waals surface area contributed by atoms with Crippen molar-refractivity contribution in [2.75, 3.05) is 39.3 Å². The van der Waals surface area contributed by atoms with Crippen molar-refractivity contribution in [2.45, 2.75) is 57.5 Å². The fourth-order valence-electron chi connectivity index (χ4n) is 6.10. The van der Waals surface area contributed by atoms with Gasteiger partial charge in [0.15, 0.2) is 0 Å². The second kappa shape index (κ2) is 10.1. The zero-order valence-electron chi connectivity index (χ0n) is 19.3. The summed E-state index contributed by atoms with van der Waals surface area (Å²) in [7, 11) is 0. The van der Waals surface area contributed by atoms with Gasteiger partial charge in [-0.3, -0.25) is 24.1 Å². The molecule has 1 aromatic rings. The molecule has 33 heavy (non-hydrogen) atoms. The van der Waals surface area contributed by atoms with Crippen LogP contribution in [0.3, 0.4) is 0 Å². The molecule has 0 unspecified atom stereocenters. The summed E-state index contributed by atoms with van der Waals surface area (Å²) in [5.41, 5.74) is 1.15. The van der Waals surface area contributed by atoms with E-state index >= 15 is 0 Å². The lowest BCUT2D eigenvalue weighted by Gasteiger charge is -2.43. The molecule has 1 N–H and O–H groups in total. The Hall–Kier alpha value is -2.68. The van der Waals surface area contributed by atoms with E-state index in [1.165, 1.54) is 6.42 Å². The molecule has 5 heterocycles. The van der Waals surface area contributed by atoms with Gasteiger partial charge in [0.25, 0.3) is 17.9 Å². The zero-order valence-corrected chi connectivity index (χ0v) is 19.3. The fraction of sp³-hybridized carbons (Fsp3) is 0.667. The first-order valence-corrected chi connectivity index (χ1v) is 12.1. The van der Waals surface area contributed by atoms with Gasteiger partial charge in [-0.1, -0.05) is 6.92 Å². The maximum Gasteiger partial charge on any atom is 0.290 e. The molecule has 2 amide bonds. The van der Waals surface area contributed by atoms with Gasteiger partial charge in [-0.15, -0.1) is 0 Å². The first-order chi connectivity index (χ1) is 16.0. The predicted octanol–water partition coefficient (Wildman–Crippen LogP) is 1.22. The van der Waals surface area contributed by atoms with Crippen LogP contribution in [0.5, 0.6) is 0 Å². The highest BCUT2D eigenvalue weighted by atomic mass is 16.3. The molecule has 0 saturated carbocycles. The van der Waals surface area contributed by atoms with Crippen LogP contribution in [-0.2, 0) is 16.1 Å². The van der Waals surface area contributed by atoms with Gasteiger partial charge < -0.3 is 19.5 Å². The van der Waals surface area contributed by atoms with Crippen molar-refractivity contribution >= 4 is 18.3 Å². The van der Waals surface area contributed by atoms with Gasteiger partial charge in [0.2, 0.25) is 5.91 Å². The molecule has 5 rings (SSSR count). The quantitative estimate of drug-likeness (QED) is 0.669. The number of pyridine rings is 1. The van der Waals surface area contributed by atoms with Crippen molar-refractivity contribution in [3.8, 4) is 0 Å². The minimum Gasteiger partial charge on any atom is -0.483 e. The van der Waals surface area contributed by atoms with Crippen molar-refractivity contribution in [1.29, 1.82) is 0 Å². The lowest BCUT2D eigenvalue weighted by atomic mass is 9.83. The summed E-state index contributed by atoms with van der Waals surface area (Å²) in [6.45, 7) is 7.30. The molecule has 4 aliphatic heterocycles. The van der Waals surface area contributed by atoms with Crippen LogP contribution in [0.15, 0.2) is 16.9 Å². The van der Waals surface area contributed by atoms with Gasteiger partial charge in [-0.05, 0) is 50.3 Å². The van der Waals surface area contributed by atoms with Crippen molar-refractivity contribution in [3.63, 3.8) is 0 Å². The Bertz CT molecular complexity index is 961. The summed E-state index contributed by atoms with van der Waals surface area (Å²) in [4.78, 5) is 53.6. The number of fused-ring (bicyclic) bond motifs is 5. The van der Waals surface area contributed by atoms with Crippen LogP contribution in [0, 0.1) is 5.92 Å². The van der Waals surface area contributed by atoms with Gasteiger partial charge in [0.05, 0.1) is 0 Å². The van der Waals surface area contributed by atoms with Crippen LogP contribution >= 0.6 is 0 Å². The van der Waals surface area contributed by atoms with Gasteiger partial charge in [0, 0.05) is 63.3 Å². The molecule has 9 nitrogen and oxygen atoms in total.